The summed E-state index contributed by atoms with van der Waals surface area (Å²) in [4.78, 5) is 0. The van der Waals surface area contributed by atoms with Crippen molar-refractivity contribution in [2.45, 2.75) is 6.92 Å². The van der Waals surface area contributed by atoms with Crippen molar-refractivity contribution in [2.75, 3.05) is 14.1 Å². The van der Waals surface area contributed by atoms with Crippen LogP contribution >= 0.6 is 0 Å². The van der Waals surface area contributed by atoms with Gasteiger partial charge >= 0.3 is 0 Å². The molecular formula is C11H14O2. The molecule has 0 spiro atoms. The van der Waals surface area contributed by atoms with Gasteiger partial charge in [0.2, 0.25) is 0 Å². The molecule has 70 valence electrons. The number of allylic oxidation sites excluding steroid dienone is 1. The zero-order chi connectivity index (χ0) is 12.2. The van der Waals surface area contributed by atoms with Crippen molar-refractivity contribution in [3.8, 4) is 11.5 Å². The van der Waals surface area contributed by atoms with Gasteiger partial charge in [0, 0.05) is 0 Å². The van der Waals surface area contributed by atoms with E-state index in [1.807, 2.05) is 19.1 Å². The predicted octanol–water partition coefficient (Wildman–Crippen LogP) is 2.74. The summed E-state index contributed by atoms with van der Waals surface area (Å²) < 4.78 is 30.9. The topological polar surface area (TPSA) is 18.5 Å². The first-order valence-corrected chi connectivity index (χ1v) is 3.96. The molecule has 0 atom stereocenters. The van der Waals surface area contributed by atoms with Crippen molar-refractivity contribution in [1.29, 1.82) is 0 Å². The second-order valence-corrected chi connectivity index (χ2v) is 2.51. The Morgan fingerprint density at radius 1 is 1.31 bits per heavy atom. The van der Waals surface area contributed by atoms with E-state index in [0.717, 1.165) is 5.56 Å². The van der Waals surface area contributed by atoms with Crippen LogP contribution in [0.4, 0.5) is 0 Å². The molecule has 0 unspecified atom stereocenters. The Kier molecular flexibility index (Phi) is 2.13. The minimum Gasteiger partial charge on any atom is -0.493 e. The molecule has 1 aromatic carbocycles. The van der Waals surface area contributed by atoms with E-state index in [1.165, 1.54) is 7.11 Å². The van der Waals surface area contributed by atoms with Gasteiger partial charge in [-0.3, -0.25) is 0 Å². The maximum atomic E-state index is 7.02. The summed E-state index contributed by atoms with van der Waals surface area (Å²) >= 11 is 0. The molecule has 0 aliphatic carbocycles. The lowest BCUT2D eigenvalue weighted by Crippen LogP contribution is -1.90. The maximum Gasteiger partial charge on any atom is 0.161 e. The fourth-order valence-corrected chi connectivity index (χ4v) is 1.06. The van der Waals surface area contributed by atoms with Crippen LogP contribution in [0.25, 0.3) is 6.08 Å². The van der Waals surface area contributed by atoms with E-state index in [4.69, 9.17) is 13.6 Å². The number of hydrogen-bond donors (Lipinski definition) is 0. The van der Waals surface area contributed by atoms with Gasteiger partial charge in [-0.1, -0.05) is 18.2 Å². The summed E-state index contributed by atoms with van der Waals surface area (Å²) in [6.45, 7) is 1.90. The molecule has 0 fully saturated rings. The molecule has 0 N–H and O–H groups in total. The van der Waals surface area contributed by atoms with Crippen LogP contribution in [-0.4, -0.2) is 14.1 Å². The zero-order valence-electron chi connectivity index (χ0n) is 10.7. The van der Waals surface area contributed by atoms with Gasteiger partial charge < -0.3 is 9.47 Å². The number of ether oxygens (including phenoxy) is 2. The first-order chi connectivity index (χ1) is 7.46. The average molecular weight is 181 g/mol. The van der Waals surface area contributed by atoms with E-state index >= 15 is 0 Å². The molecule has 0 saturated carbocycles. The highest BCUT2D eigenvalue weighted by molar-refractivity contribution is 5.55. The third-order valence-electron chi connectivity index (χ3n) is 1.66. The SMILES string of the molecule is [2H]C([2H])([2H])Oc1ccc(C=CC)cc1OC. The molecule has 2 nitrogen and oxygen atoms in total. The van der Waals surface area contributed by atoms with Gasteiger partial charge in [-0.25, -0.2) is 0 Å². The molecule has 0 aliphatic heterocycles. The van der Waals surface area contributed by atoms with Gasteiger partial charge in [-0.15, -0.1) is 0 Å². The molecule has 0 amide bonds. The molecule has 0 radical (unpaired) electrons. The van der Waals surface area contributed by atoms with Crippen LogP contribution in [0.15, 0.2) is 24.3 Å². The van der Waals surface area contributed by atoms with Crippen LogP contribution in [0, 0.1) is 0 Å². The highest BCUT2D eigenvalue weighted by Gasteiger charge is 2.01. The van der Waals surface area contributed by atoms with Gasteiger partial charge in [0.1, 0.15) is 0 Å². The van der Waals surface area contributed by atoms with Crippen LogP contribution in [0.1, 0.15) is 16.6 Å². The zero-order valence-corrected chi connectivity index (χ0v) is 7.70. The molecule has 0 saturated heterocycles. The van der Waals surface area contributed by atoms with Gasteiger partial charge in [0.15, 0.2) is 11.5 Å². The molecule has 0 bridgehead atoms. The van der Waals surface area contributed by atoms with Crippen LogP contribution in [0.5, 0.6) is 11.5 Å². The highest BCUT2D eigenvalue weighted by atomic mass is 16.5. The fourth-order valence-electron chi connectivity index (χ4n) is 1.06. The lowest BCUT2D eigenvalue weighted by molar-refractivity contribution is 0.355. The number of rotatable bonds is 3. The predicted molar refractivity (Wildman–Crippen MR) is 54.3 cm³/mol. The molecular weight excluding hydrogens is 164 g/mol. The van der Waals surface area contributed by atoms with E-state index in [9.17, 15) is 0 Å². The fraction of sp³-hybridized carbons (Fsp3) is 0.273. The Labute approximate surface area is 83.0 Å². The van der Waals surface area contributed by atoms with Gasteiger partial charge in [-0.05, 0) is 24.6 Å². The van der Waals surface area contributed by atoms with Crippen molar-refractivity contribution in [1.82, 2.24) is 0 Å². The summed E-state index contributed by atoms with van der Waals surface area (Å²) in [5, 5.41) is 0. The van der Waals surface area contributed by atoms with E-state index in [1.54, 1.807) is 18.2 Å². The Hall–Kier alpha value is -1.44. The minimum absolute atomic E-state index is 0.218. The van der Waals surface area contributed by atoms with Crippen LogP contribution in [0.3, 0.4) is 0 Å². The van der Waals surface area contributed by atoms with E-state index in [2.05, 4.69) is 0 Å². The third-order valence-corrected chi connectivity index (χ3v) is 1.66. The van der Waals surface area contributed by atoms with Gasteiger partial charge in [-0.2, -0.15) is 0 Å². The first-order valence-electron chi connectivity index (χ1n) is 5.46. The Morgan fingerprint density at radius 3 is 2.77 bits per heavy atom. The van der Waals surface area contributed by atoms with Gasteiger partial charge in [0.05, 0.1) is 18.3 Å². The van der Waals surface area contributed by atoms with E-state index < -0.39 is 7.04 Å². The lowest BCUT2D eigenvalue weighted by atomic mass is 10.2. The highest BCUT2D eigenvalue weighted by Crippen LogP contribution is 2.27. The summed E-state index contributed by atoms with van der Waals surface area (Å²) in [7, 11) is -0.990. The quantitative estimate of drug-likeness (QED) is 0.713. The monoisotopic (exact) mass is 181 g/mol. The van der Waals surface area contributed by atoms with Crippen molar-refractivity contribution < 1.29 is 13.6 Å². The van der Waals surface area contributed by atoms with E-state index in [0.29, 0.717) is 5.75 Å². The average Bonchev–Trinajstić information content (AvgIpc) is 2.18. The standard InChI is InChI=1S/C11H14O2/c1-4-5-9-6-7-10(12-2)11(8-9)13-3/h4-8H,1-3H3/i2D3. The lowest BCUT2D eigenvalue weighted by Gasteiger charge is -2.07. The minimum atomic E-state index is -2.46. The van der Waals surface area contributed by atoms with Crippen molar-refractivity contribution in [3.05, 3.63) is 29.8 Å². The number of hydrogen-bond acceptors (Lipinski definition) is 2. The molecule has 1 aromatic rings. The Morgan fingerprint density at radius 2 is 2.15 bits per heavy atom. The molecule has 0 aliphatic rings. The summed E-state index contributed by atoms with van der Waals surface area (Å²) in [6.07, 6.45) is 3.78. The van der Waals surface area contributed by atoms with Crippen molar-refractivity contribution in [2.24, 2.45) is 0 Å². The van der Waals surface area contributed by atoms with Crippen LogP contribution in [0.2, 0.25) is 0 Å². The number of methoxy groups -OCH3 is 2. The normalized spacial score (nSPS) is 14.8. The summed E-state index contributed by atoms with van der Waals surface area (Å²) in [5.41, 5.74) is 0.928. The van der Waals surface area contributed by atoms with Crippen LogP contribution in [-0.2, 0) is 0 Å². The maximum absolute atomic E-state index is 7.02. The van der Waals surface area contributed by atoms with Gasteiger partial charge in [0.25, 0.3) is 0 Å². The molecule has 13 heavy (non-hydrogen) atoms. The third kappa shape index (κ3) is 2.25. The molecule has 1 rings (SSSR count). The molecule has 0 heterocycles. The van der Waals surface area contributed by atoms with Crippen molar-refractivity contribution >= 4 is 6.08 Å². The Bertz CT molecular complexity index is 383. The van der Waals surface area contributed by atoms with Crippen molar-refractivity contribution in [3.63, 3.8) is 0 Å². The summed E-state index contributed by atoms with van der Waals surface area (Å²) in [5.74, 6) is 0.627. The largest absolute Gasteiger partial charge is 0.493 e. The second-order valence-electron chi connectivity index (χ2n) is 2.51. The van der Waals surface area contributed by atoms with Crippen LogP contribution < -0.4 is 9.47 Å². The first kappa shape index (κ1) is 6.08. The number of benzene rings is 1. The smallest absolute Gasteiger partial charge is 0.161 e. The summed E-state index contributed by atoms with van der Waals surface area (Å²) in [6, 6.07) is 5.07. The van der Waals surface area contributed by atoms with E-state index in [-0.39, 0.29) is 5.75 Å². The second kappa shape index (κ2) is 4.55. The molecule has 2 heteroatoms. The molecule has 0 aromatic heterocycles. The Balaban J connectivity index is 3.02.